The third-order valence-corrected chi connectivity index (χ3v) is 6.33. The fourth-order valence-electron chi connectivity index (χ4n) is 4.60. The van der Waals surface area contributed by atoms with Crippen molar-refractivity contribution in [3.8, 4) is 17.0 Å². The van der Waals surface area contributed by atoms with Gasteiger partial charge in [-0.15, -0.1) is 0 Å². The zero-order valence-corrected chi connectivity index (χ0v) is 18.2. The lowest BCUT2D eigenvalue weighted by Crippen LogP contribution is -2.42. The number of benzene rings is 1. The van der Waals surface area contributed by atoms with Gasteiger partial charge in [-0.1, -0.05) is 0 Å². The van der Waals surface area contributed by atoms with E-state index in [4.69, 9.17) is 9.47 Å². The number of hydrogen-bond acceptors (Lipinski definition) is 5. The molecule has 1 N–H and O–H groups in total. The molecular formula is C23H30N4O4. The first-order valence-corrected chi connectivity index (χ1v) is 10.8. The topological polar surface area (TPSA) is 87.8 Å². The summed E-state index contributed by atoms with van der Waals surface area (Å²) in [6.45, 7) is 3.59. The highest BCUT2D eigenvalue weighted by atomic mass is 16.5. The van der Waals surface area contributed by atoms with Crippen LogP contribution in [0.25, 0.3) is 11.3 Å². The largest absolute Gasteiger partial charge is 0.497 e. The minimum Gasteiger partial charge on any atom is -0.497 e. The molecule has 4 rings (SSSR count). The SMILES string of the molecule is COCC1CC(=O)N(CC2CCN(C(=O)c3cn[nH]c3-c3ccc(OC)cc3)CC2)C1. The Morgan fingerprint density at radius 2 is 1.90 bits per heavy atom. The Hall–Kier alpha value is -2.87. The predicted octanol–water partition coefficient (Wildman–Crippen LogP) is 2.43. The minimum absolute atomic E-state index is 0.00424. The highest BCUT2D eigenvalue weighted by Crippen LogP contribution is 2.28. The third kappa shape index (κ3) is 4.74. The fraction of sp³-hybridized carbons (Fsp3) is 0.522. The van der Waals surface area contributed by atoms with Crippen molar-refractivity contribution < 1.29 is 19.1 Å². The van der Waals surface area contributed by atoms with Crippen LogP contribution < -0.4 is 4.74 Å². The van der Waals surface area contributed by atoms with Crippen molar-refractivity contribution in [3.05, 3.63) is 36.0 Å². The van der Waals surface area contributed by atoms with E-state index in [0.29, 0.717) is 43.5 Å². The number of hydrogen-bond donors (Lipinski definition) is 1. The highest BCUT2D eigenvalue weighted by Gasteiger charge is 2.33. The molecular weight excluding hydrogens is 396 g/mol. The monoisotopic (exact) mass is 426 g/mol. The summed E-state index contributed by atoms with van der Waals surface area (Å²) in [5.41, 5.74) is 2.21. The molecule has 2 aromatic rings. The third-order valence-electron chi connectivity index (χ3n) is 6.33. The molecule has 0 aliphatic carbocycles. The second-order valence-corrected chi connectivity index (χ2v) is 8.45. The first kappa shape index (κ1) is 21.4. The van der Waals surface area contributed by atoms with E-state index < -0.39 is 0 Å². The maximum absolute atomic E-state index is 13.2. The van der Waals surface area contributed by atoms with Crippen LogP contribution in [0.4, 0.5) is 0 Å². The molecule has 1 aromatic carbocycles. The van der Waals surface area contributed by atoms with Crippen LogP contribution in [0.5, 0.6) is 5.75 Å². The van der Waals surface area contributed by atoms with Gasteiger partial charge in [0.05, 0.1) is 31.2 Å². The van der Waals surface area contributed by atoms with E-state index in [1.807, 2.05) is 34.1 Å². The fourth-order valence-corrected chi connectivity index (χ4v) is 4.60. The molecule has 3 heterocycles. The van der Waals surface area contributed by atoms with Crippen LogP contribution in [0, 0.1) is 11.8 Å². The Bertz CT molecular complexity index is 903. The van der Waals surface area contributed by atoms with Crippen LogP contribution in [-0.4, -0.2) is 78.8 Å². The summed E-state index contributed by atoms with van der Waals surface area (Å²) < 4.78 is 10.4. The van der Waals surface area contributed by atoms with Gasteiger partial charge >= 0.3 is 0 Å². The van der Waals surface area contributed by atoms with Crippen LogP contribution in [0.2, 0.25) is 0 Å². The first-order valence-electron chi connectivity index (χ1n) is 10.8. The molecule has 2 aliphatic heterocycles. The van der Waals surface area contributed by atoms with Crippen LogP contribution >= 0.6 is 0 Å². The van der Waals surface area contributed by atoms with Gasteiger partial charge in [-0.2, -0.15) is 5.10 Å². The number of amides is 2. The maximum atomic E-state index is 13.2. The number of nitrogens with zero attached hydrogens (tertiary/aromatic N) is 3. The molecule has 1 aromatic heterocycles. The van der Waals surface area contributed by atoms with E-state index in [0.717, 1.165) is 42.9 Å². The Kier molecular flexibility index (Phi) is 6.56. The molecule has 0 spiro atoms. The summed E-state index contributed by atoms with van der Waals surface area (Å²) in [6, 6.07) is 7.57. The molecule has 166 valence electrons. The zero-order valence-electron chi connectivity index (χ0n) is 18.2. The molecule has 8 heteroatoms. The van der Waals surface area contributed by atoms with E-state index in [9.17, 15) is 9.59 Å². The van der Waals surface area contributed by atoms with Gasteiger partial charge < -0.3 is 19.3 Å². The van der Waals surface area contributed by atoms with E-state index in [1.165, 1.54) is 0 Å². The van der Waals surface area contributed by atoms with Crippen molar-refractivity contribution in [2.24, 2.45) is 11.8 Å². The number of carbonyl (C=O) groups is 2. The van der Waals surface area contributed by atoms with Gasteiger partial charge in [0.25, 0.3) is 5.91 Å². The van der Waals surface area contributed by atoms with Crippen molar-refractivity contribution in [1.82, 2.24) is 20.0 Å². The molecule has 2 fully saturated rings. The van der Waals surface area contributed by atoms with Crippen LogP contribution in [0.3, 0.4) is 0 Å². The molecule has 0 saturated carbocycles. The van der Waals surface area contributed by atoms with E-state index >= 15 is 0 Å². The zero-order chi connectivity index (χ0) is 21.8. The minimum atomic E-state index is -0.00424. The van der Waals surface area contributed by atoms with Gasteiger partial charge in [0.15, 0.2) is 0 Å². The quantitative estimate of drug-likeness (QED) is 0.735. The number of rotatable bonds is 7. The standard InChI is InChI=1S/C23H30N4O4/c1-30-15-17-11-21(28)27(14-17)13-16-7-9-26(10-8-16)23(29)20-12-24-25-22(20)18-3-5-19(31-2)6-4-18/h3-6,12,16-17H,7-11,13-15H2,1-2H3,(H,24,25). The Balaban J connectivity index is 1.34. The summed E-state index contributed by atoms with van der Waals surface area (Å²) in [7, 11) is 3.31. The molecule has 2 saturated heterocycles. The molecule has 2 aliphatic rings. The van der Waals surface area contributed by atoms with Gasteiger partial charge in [-0.3, -0.25) is 14.7 Å². The Morgan fingerprint density at radius 3 is 2.58 bits per heavy atom. The first-order chi connectivity index (χ1) is 15.1. The number of likely N-dealkylation sites (tertiary alicyclic amines) is 2. The molecule has 31 heavy (non-hydrogen) atoms. The number of nitrogens with one attached hydrogen (secondary N) is 1. The highest BCUT2D eigenvalue weighted by molar-refractivity contribution is 5.99. The lowest BCUT2D eigenvalue weighted by molar-refractivity contribution is -0.128. The predicted molar refractivity (Wildman–Crippen MR) is 116 cm³/mol. The Labute approximate surface area is 182 Å². The van der Waals surface area contributed by atoms with E-state index in [2.05, 4.69) is 10.2 Å². The van der Waals surface area contributed by atoms with Gasteiger partial charge in [0.1, 0.15) is 5.75 Å². The molecule has 2 amide bonds. The van der Waals surface area contributed by atoms with Gasteiger partial charge in [-0.05, 0) is 43.0 Å². The van der Waals surface area contributed by atoms with Crippen LogP contribution in [0.1, 0.15) is 29.6 Å². The molecule has 0 bridgehead atoms. The van der Waals surface area contributed by atoms with E-state index in [-0.39, 0.29) is 11.8 Å². The summed E-state index contributed by atoms with van der Waals surface area (Å²) in [4.78, 5) is 29.3. The van der Waals surface area contributed by atoms with Gasteiger partial charge in [-0.25, -0.2) is 0 Å². The number of methoxy groups -OCH3 is 2. The van der Waals surface area contributed by atoms with Crippen molar-refractivity contribution in [3.63, 3.8) is 0 Å². The normalized spacial score (nSPS) is 19.8. The van der Waals surface area contributed by atoms with Crippen molar-refractivity contribution in [1.29, 1.82) is 0 Å². The number of H-pyrrole nitrogens is 1. The second kappa shape index (κ2) is 9.51. The van der Waals surface area contributed by atoms with E-state index in [1.54, 1.807) is 20.4 Å². The molecule has 1 atom stereocenters. The Morgan fingerprint density at radius 1 is 1.16 bits per heavy atom. The molecule has 0 radical (unpaired) electrons. The van der Waals surface area contributed by atoms with Gasteiger partial charge in [0.2, 0.25) is 5.91 Å². The number of aromatic amines is 1. The molecule has 1 unspecified atom stereocenters. The average Bonchev–Trinajstić information content (AvgIpc) is 3.41. The van der Waals surface area contributed by atoms with Crippen LogP contribution in [0.15, 0.2) is 30.5 Å². The number of carbonyl (C=O) groups excluding carboxylic acids is 2. The summed E-state index contributed by atoms with van der Waals surface area (Å²) >= 11 is 0. The lowest BCUT2D eigenvalue weighted by atomic mass is 9.95. The van der Waals surface area contributed by atoms with Gasteiger partial charge in [0, 0.05) is 51.2 Å². The number of ether oxygens (including phenoxy) is 2. The van der Waals surface area contributed by atoms with Crippen molar-refractivity contribution in [2.45, 2.75) is 19.3 Å². The van der Waals surface area contributed by atoms with Crippen molar-refractivity contribution >= 4 is 11.8 Å². The van der Waals surface area contributed by atoms with Crippen molar-refractivity contribution in [2.75, 3.05) is 47.0 Å². The van der Waals surface area contributed by atoms with Crippen LogP contribution in [-0.2, 0) is 9.53 Å². The molecule has 8 nitrogen and oxygen atoms in total. The summed E-state index contributed by atoms with van der Waals surface area (Å²) in [6.07, 6.45) is 3.99. The second-order valence-electron chi connectivity index (χ2n) is 8.45. The average molecular weight is 427 g/mol. The number of piperidine rings is 1. The lowest BCUT2D eigenvalue weighted by Gasteiger charge is -2.34. The summed E-state index contributed by atoms with van der Waals surface area (Å²) in [5, 5.41) is 7.08. The summed E-state index contributed by atoms with van der Waals surface area (Å²) in [5.74, 6) is 1.72. The maximum Gasteiger partial charge on any atom is 0.257 e. The smallest absolute Gasteiger partial charge is 0.257 e. The number of aromatic nitrogens is 2.